The van der Waals surface area contributed by atoms with Crippen LogP contribution in [-0.4, -0.2) is 30.4 Å². The van der Waals surface area contributed by atoms with Crippen LogP contribution in [0.5, 0.6) is 0 Å². The molecule has 0 aliphatic heterocycles. The normalized spacial score (nSPS) is 11.3. The van der Waals surface area contributed by atoms with E-state index in [0.29, 0.717) is 5.56 Å². The first-order chi connectivity index (χ1) is 15.4. The van der Waals surface area contributed by atoms with Gasteiger partial charge in [0.05, 0.1) is 0 Å². The van der Waals surface area contributed by atoms with E-state index < -0.39 is 42.1 Å². The van der Waals surface area contributed by atoms with Gasteiger partial charge in [0.15, 0.2) is 18.2 Å². The Morgan fingerprint density at radius 1 is 0.844 bits per heavy atom. The molecule has 0 saturated heterocycles. The second kappa shape index (κ2) is 10.8. The van der Waals surface area contributed by atoms with Crippen LogP contribution < -0.4 is 10.6 Å². The first kappa shape index (κ1) is 22.6. The van der Waals surface area contributed by atoms with Gasteiger partial charge in [0.1, 0.15) is 6.04 Å². The van der Waals surface area contributed by atoms with Crippen molar-refractivity contribution in [2.75, 3.05) is 11.9 Å². The minimum absolute atomic E-state index is 0.0168. The molecule has 0 bridgehead atoms. The van der Waals surface area contributed by atoms with Gasteiger partial charge in [-0.1, -0.05) is 48.5 Å². The highest BCUT2D eigenvalue weighted by Gasteiger charge is 2.24. The number of hydrogen-bond acceptors (Lipinski definition) is 4. The molecule has 8 heteroatoms. The molecule has 32 heavy (non-hydrogen) atoms. The van der Waals surface area contributed by atoms with E-state index in [1.807, 2.05) is 6.07 Å². The lowest BCUT2D eigenvalue weighted by atomic mass is 10.1. The number of esters is 1. The number of rotatable bonds is 8. The van der Waals surface area contributed by atoms with Crippen molar-refractivity contribution >= 4 is 23.5 Å². The highest BCUT2D eigenvalue weighted by atomic mass is 19.2. The average molecular weight is 438 g/mol. The Morgan fingerprint density at radius 2 is 1.50 bits per heavy atom. The van der Waals surface area contributed by atoms with E-state index in [1.165, 1.54) is 6.07 Å². The van der Waals surface area contributed by atoms with Crippen molar-refractivity contribution in [1.29, 1.82) is 0 Å². The van der Waals surface area contributed by atoms with Gasteiger partial charge < -0.3 is 15.4 Å². The molecular weight excluding hydrogens is 418 g/mol. The van der Waals surface area contributed by atoms with Gasteiger partial charge in [0.25, 0.3) is 11.8 Å². The molecule has 0 radical (unpaired) electrons. The highest BCUT2D eigenvalue weighted by Crippen LogP contribution is 2.13. The minimum Gasteiger partial charge on any atom is -0.454 e. The smallest absolute Gasteiger partial charge is 0.329 e. The maximum absolute atomic E-state index is 13.3. The lowest BCUT2D eigenvalue weighted by molar-refractivity contribution is -0.149. The molecule has 3 rings (SSSR count). The Hall–Kier alpha value is -4.07. The molecule has 0 aromatic heterocycles. The summed E-state index contributed by atoms with van der Waals surface area (Å²) in [5.41, 5.74) is 1.17. The summed E-state index contributed by atoms with van der Waals surface area (Å²) in [5, 5.41) is 4.94. The van der Waals surface area contributed by atoms with Crippen LogP contribution in [-0.2, 0) is 20.7 Å². The second-order valence-corrected chi connectivity index (χ2v) is 6.87. The summed E-state index contributed by atoms with van der Waals surface area (Å²) in [5.74, 6) is -4.18. The van der Waals surface area contributed by atoms with E-state index in [9.17, 15) is 23.2 Å². The van der Waals surface area contributed by atoms with E-state index in [1.54, 1.807) is 54.6 Å². The van der Waals surface area contributed by atoms with Crippen LogP contribution in [0, 0.1) is 11.6 Å². The number of hydrogen-bond donors (Lipinski definition) is 2. The van der Waals surface area contributed by atoms with Crippen molar-refractivity contribution in [1.82, 2.24) is 5.32 Å². The van der Waals surface area contributed by atoms with Crippen molar-refractivity contribution < 1.29 is 27.9 Å². The quantitative estimate of drug-likeness (QED) is 0.528. The maximum atomic E-state index is 13.3. The molecule has 0 aliphatic carbocycles. The summed E-state index contributed by atoms with van der Waals surface area (Å²) in [6, 6.07) is 19.2. The summed E-state index contributed by atoms with van der Waals surface area (Å²) in [4.78, 5) is 37.2. The van der Waals surface area contributed by atoms with Crippen LogP contribution in [0.2, 0.25) is 0 Å². The molecule has 0 heterocycles. The third kappa shape index (κ3) is 6.46. The molecule has 0 fully saturated rings. The van der Waals surface area contributed by atoms with Crippen molar-refractivity contribution in [2.24, 2.45) is 0 Å². The fourth-order valence-electron chi connectivity index (χ4n) is 2.88. The predicted molar refractivity (Wildman–Crippen MR) is 114 cm³/mol. The summed E-state index contributed by atoms with van der Waals surface area (Å²) in [6.45, 7) is -0.662. The molecule has 0 saturated carbocycles. The van der Waals surface area contributed by atoms with E-state index in [2.05, 4.69) is 10.6 Å². The number of benzene rings is 3. The largest absolute Gasteiger partial charge is 0.454 e. The van der Waals surface area contributed by atoms with Gasteiger partial charge >= 0.3 is 5.97 Å². The van der Waals surface area contributed by atoms with Crippen LogP contribution in [0.1, 0.15) is 15.9 Å². The number of carbonyl (C=O) groups is 3. The van der Waals surface area contributed by atoms with Gasteiger partial charge in [-0.15, -0.1) is 0 Å². The number of ether oxygens (including phenoxy) is 1. The molecular formula is C24H20F2N2O4. The third-order valence-corrected chi connectivity index (χ3v) is 4.46. The molecule has 1 unspecified atom stereocenters. The number of anilines is 1. The summed E-state index contributed by atoms with van der Waals surface area (Å²) in [7, 11) is 0. The Kier molecular flexibility index (Phi) is 7.64. The van der Waals surface area contributed by atoms with Gasteiger partial charge in [-0.2, -0.15) is 0 Å². The van der Waals surface area contributed by atoms with Crippen molar-refractivity contribution in [3.05, 3.63) is 102 Å². The molecule has 164 valence electrons. The first-order valence-electron chi connectivity index (χ1n) is 9.74. The summed E-state index contributed by atoms with van der Waals surface area (Å²) >= 11 is 0. The van der Waals surface area contributed by atoms with Crippen molar-refractivity contribution in [3.63, 3.8) is 0 Å². The van der Waals surface area contributed by atoms with Gasteiger partial charge in [-0.3, -0.25) is 9.59 Å². The minimum atomic E-state index is -1.12. The van der Waals surface area contributed by atoms with Gasteiger partial charge in [-0.05, 0) is 29.8 Å². The molecule has 2 amide bonds. The SMILES string of the molecule is O=C(COC(=O)C(Cc1ccccc1)NC(=O)c1ccccc1)Nc1ccc(F)c(F)c1. The van der Waals surface area contributed by atoms with Crippen molar-refractivity contribution in [2.45, 2.75) is 12.5 Å². The summed E-state index contributed by atoms with van der Waals surface area (Å²) in [6.07, 6.45) is 0.156. The number of halogens is 2. The van der Waals surface area contributed by atoms with Gasteiger partial charge in [0, 0.05) is 23.7 Å². The lowest BCUT2D eigenvalue weighted by Crippen LogP contribution is -2.44. The van der Waals surface area contributed by atoms with Gasteiger partial charge in [0.2, 0.25) is 0 Å². The van der Waals surface area contributed by atoms with Crippen molar-refractivity contribution in [3.8, 4) is 0 Å². The Labute approximate surface area is 183 Å². The monoisotopic (exact) mass is 438 g/mol. The Balaban J connectivity index is 1.63. The maximum Gasteiger partial charge on any atom is 0.329 e. The van der Waals surface area contributed by atoms with E-state index in [4.69, 9.17) is 4.74 Å². The van der Waals surface area contributed by atoms with E-state index >= 15 is 0 Å². The van der Waals surface area contributed by atoms with E-state index in [0.717, 1.165) is 17.7 Å². The zero-order valence-corrected chi connectivity index (χ0v) is 16.9. The zero-order valence-electron chi connectivity index (χ0n) is 16.9. The topological polar surface area (TPSA) is 84.5 Å². The standard InChI is InChI=1S/C24H20F2N2O4/c25-19-12-11-18(14-20(19)26)27-22(29)15-32-24(31)21(13-16-7-3-1-4-8-16)28-23(30)17-9-5-2-6-10-17/h1-12,14,21H,13,15H2,(H,27,29)(H,28,30). The fourth-order valence-corrected chi connectivity index (χ4v) is 2.88. The number of amides is 2. The fraction of sp³-hybridized carbons (Fsp3) is 0.125. The Bertz CT molecular complexity index is 1090. The number of nitrogens with one attached hydrogen (secondary N) is 2. The first-order valence-corrected chi connectivity index (χ1v) is 9.74. The predicted octanol–water partition coefficient (Wildman–Crippen LogP) is 3.49. The van der Waals surface area contributed by atoms with Crippen LogP contribution in [0.4, 0.5) is 14.5 Å². The molecule has 3 aromatic rings. The molecule has 2 N–H and O–H groups in total. The highest BCUT2D eigenvalue weighted by molar-refractivity contribution is 5.97. The number of carbonyl (C=O) groups excluding carboxylic acids is 3. The van der Waals surface area contributed by atoms with E-state index in [-0.39, 0.29) is 12.1 Å². The second-order valence-electron chi connectivity index (χ2n) is 6.87. The van der Waals surface area contributed by atoms with Crippen LogP contribution in [0.25, 0.3) is 0 Å². The molecule has 0 spiro atoms. The lowest BCUT2D eigenvalue weighted by Gasteiger charge is -2.18. The zero-order chi connectivity index (χ0) is 22.9. The van der Waals surface area contributed by atoms with Crippen LogP contribution in [0.15, 0.2) is 78.9 Å². The Morgan fingerprint density at radius 3 is 2.16 bits per heavy atom. The van der Waals surface area contributed by atoms with Crippen LogP contribution in [0.3, 0.4) is 0 Å². The molecule has 1 atom stereocenters. The molecule has 6 nitrogen and oxygen atoms in total. The summed E-state index contributed by atoms with van der Waals surface area (Å²) < 4.78 is 31.3. The molecule has 3 aromatic carbocycles. The van der Waals surface area contributed by atoms with Crippen LogP contribution >= 0.6 is 0 Å². The third-order valence-electron chi connectivity index (χ3n) is 4.46. The van der Waals surface area contributed by atoms with Gasteiger partial charge in [-0.25, -0.2) is 13.6 Å². The molecule has 0 aliphatic rings. The average Bonchev–Trinajstić information content (AvgIpc) is 2.80.